The normalized spacial score (nSPS) is 12.8. The van der Waals surface area contributed by atoms with Crippen LogP contribution < -0.4 is 0 Å². The fourth-order valence-corrected chi connectivity index (χ4v) is 2.80. The summed E-state index contributed by atoms with van der Waals surface area (Å²) in [5, 5.41) is 20.0. The van der Waals surface area contributed by atoms with Crippen molar-refractivity contribution in [2.75, 3.05) is 0 Å². The van der Waals surface area contributed by atoms with Crippen molar-refractivity contribution in [2.24, 2.45) is 5.92 Å². The first-order valence-electron chi connectivity index (χ1n) is 6.90. The van der Waals surface area contributed by atoms with Crippen LogP contribution >= 0.6 is 15.9 Å². The highest BCUT2D eigenvalue weighted by atomic mass is 79.9. The van der Waals surface area contributed by atoms with Gasteiger partial charge in [-0.15, -0.1) is 0 Å². The lowest BCUT2D eigenvalue weighted by Gasteiger charge is -2.13. The van der Waals surface area contributed by atoms with E-state index in [1.165, 1.54) is 0 Å². The second kappa shape index (κ2) is 6.43. The number of benzene rings is 1. The minimum Gasteiger partial charge on any atom is -0.393 e. The maximum atomic E-state index is 9.80. The number of rotatable bonds is 5. The third-order valence-corrected chi connectivity index (χ3v) is 4.04. The molecule has 0 aliphatic rings. The molecule has 0 fully saturated rings. The largest absolute Gasteiger partial charge is 0.393 e. The number of aromatic nitrogens is 1. The molecule has 1 aromatic heterocycles. The zero-order valence-corrected chi connectivity index (χ0v) is 13.4. The fourth-order valence-electron chi connectivity index (χ4n) is 2.32. The average molecular weight is 335 g/mol. The van der Waals surface area contributed by atoms with E-state index in [4.69, 9.17) is 5.26 Å². The number of aliphatic hydroxyl groups excluding tert-OH is 1. The summed E-state index contributed by atoms with van der Waals surface area (Å²) in [6.45, 7) is 4.06. The van der Waals surface area contributed by atoms with Crippen molar-refractivity contribution in [3.05, 3.63) is 33.9 Å². The molecule has 2 N–H and O–H groups in total. The van der Waals surface area contributed by atoms with Crippen molar-refractivity contribution in [1.82, 2.24) is 4.98 Å². The number of aromatic amines is 1. The highest BCUT2D eigenvalue weighted by Crippen LogP contribution is 2.25. The van der Waals surface area contributed by atoms with Gasteiger partial charge in [-0.3, -0.25) is 0 Å². The van der Waals surface area contributed by atoms with E-state index >= 15 is 0 Å². The van der Waals surface area contributed by atoms with Crippen LogP contribution in [0.4, 0.5) is 0 Å². The van der Waals surface area contributed by atoms with Crippen molar-refractivity contribution in [2.45, 2.75) is 39.2 Å². The summed E-state index contributed by atoms with van der Waals surface area (Å²) in [5.41, 5.74) is 2.67. The lowest BCUT2D eigenvalue weighted by Crippen LogP contribution is -2.14. The molecule has 1 aromatic carbocycles. The molecular weight excluding hydrogens is 316 g/mol. The van der Waals surface area contributed by atoms with Gasteiger partial charge in [0.25, 0.3) is 0 Å². The van der Waals surface area contributed by atoms with Crippen LogP contribution in [0.25, 0.3) is 10.9 Å². The molecule has 1 unspecified atom stereocenters. The Bertz CT molecular complexity index is 640. The van der Waals surface area contributed by atoms with Gasteiger partial charge in [-0.1, -0.05) is 29.8 Å². The van der Waals surface area contributed by atoms with Crippen molar-refractivity contribution in [1.29, 1.82) is 5.26 Å². The number of H-pyrrole nitrogens is 1. The van der Waals surface area contributed by atoms with E-state index in [9.17, 15) is 5.11 Å². The fraction of sp³-hybridized carbons (Fsp3) is 0.438. The van der Waals surface area contributed by atoms with Gasteiger partial charge in [0, 0.05) is 15.6 Å². The SMILES string of the molecule is CC(C)C(O)CCCc1cc2cc(Br)cc(C#N)c2[nH]1. The summed E-state index contributed by atoms with van der Waals surface area (Å²) in [5.74, 6) is 0.305. The molecule has 3 nitrogen and oxygen atoms in total. The molecule has 2 rings (SSSR count). The smallest absolute Gasteiger partial charge is 0.101 e. The number of nitriles is 1. The Kier molecular flexibility index (Phi) is 4.85. The molecule has 0 aliphatic carbocycles. The molecule has 0 saturated carbocycles. The first-order chi connectivity index (χ1) is 9.51. The van der Waals surface area contributed by atoms with Gasteiger partial charge in [0.15, 0.2) is 0 Å². The maximum Gasteiger partial charge on any atom is 0.101 e. The molecule has 0 bridgehead atoms. The number of hydrogen-bond acceptors (Lipinski definition) is 2. The summed E-state index contributed by atoms with van der Waals surface area (Å²) >= 11 is 3.42. The Hall–Kier alpha value is -1.31. The predicted octanol–water partition coefficient (Wildman–Crippen LogP) is 4.14. The Morgan fingerprint density at radius 3 is 2.75 bits per heavy atom. The zero-order valence-electron chi connectivity index (χ0n) is 11.8. The number of aryl methyl sites for hydroxylation is 1. The van der Waals surface area contributed by atoms with Gasteiger partial charge in [0.1, 0.15) is 6.07 Å². The van der Waals surface area contributed by atoms with E-state index in [0.717, 1.165) is 40.3 Å². The Labute approximate surface area is 127 Å². The number of nitrogens with zero attached hydrogens (tertiary/aromatic N) is 1. The lowest BCUT2D eigenvalue weighted by molar-refractivity contribution is 0.114. The van der Waals surface area contributed by atoms with Gasteiger partial charge in [-0.05, 0) is 43.4 Å². The van der Waals surface area contributed by atoms with Crippen LogP contribution in [-0.4, -0.2) is 16.2 Å². The van der Waals surface area contributed by atoms with E-state index in [2.05, 4.69) is 33.0 Å². The number of halogens is 1. The van der Waals surface area contributed by atoms with Crippen LogP contribution in [-0.2, 0) is 6.42 Å². The minimum absolute atomic E-state index is 0.233. The van der Waals surface area contributed by atoms with Crippen LogP contribution in [0.3, 0.4) is 0 Å². The van der Waals surface area contributed by atoms with Crippen molar-refractivity contribution < 1.29 is 5.11 Å². The number of nitrogens with one attached hydrogen (secondary N) is 1. The number of aliphatic hydroxyl groups is 1. The van der Waals surface area contributed by atoms with Gasteiger partial charge in [0.2, 0.25) is 0 Å². The predicted molar refractivity (Wildman–Crippen MR) is 84.5 cm³/mol. The minimum atomic E-state index is -0.233. The van der Waals surface area contributed by atoms with Crippen LogP contribution in [0.2, 0.25) is 0 Å². The molecule has 20 heavy (non-hydrogen) atoms. The first kappa shape index (κ1) is 15.1. The second-order valence-corrected chi connectivity index (χ2v) is 6.44. The lowest BCUT2D eigenvalue weighted by atomic mass is 10.0. The third kappa shape index (κ3) is 3.41. The van der Waals surface area contributed by atoms with Crippen molar-refractivity contribution in [3.63, 3.8) is 0 Å². The Balaban J connectivity index is 2.11. The van der Waals surface area contributed by atoms with Crippen LogP contribution in [0, 0.1) is 17.2 Å². The molecule has 0 spiro atoms. The second-order valence-electron chi connectivity index (χ2n) is 5.53. The Morgan fingerprint density at radius 2 is 2.10 bits per heavy atom. The third-order valence-electron chi connectivity index (χ3n) is 3.58. The molecule has 0 amide bonds. The molecule has 106 valence electrons. The zero-order chi connectivity index (χ0) is 14.7. The van der Waals surface area contributed by atoms with Gasteiger partial charge in [0.05, 0.1) is 17.2 Å². The van der Waals surface area contributed by atoms with Gasteiger partial charge >= 0.3 is 0 Å². The summed E-state index contributed by atoms with van der Waals surface area (Å²) < 4.78 is 0.919. The number of fused-ring (bicyclic) bond motifs is 1. The molecule has 1 atom stereocenters. The average Bonchev–Trinajstić information content (AvgIpc) is 2.79. The molecule has 0 saturated heterocycles. The summed E-state index contributed by atoms with van der Waals surface area (Å²) in [6, 6.07) is 8.14. The van der Waals surface area contributed by atoms with Gasteiger partial charge < -0.3 is 10.1 Å². The maximum absolute atomic E-state index is 9.80. The molecule has 1 heterocycles. The summed E-state index contributed by atoms with van der Waals surface area (Å²) in [7, 11) is 0. The van der Waals surface area contributed by atoms with E-state index in [1.54, 1.807) is 0 Å². The van der Waals surface area contributed by atoms with Gasteiger partial charge in [-0.25, -0.2) is 0 Å². The first-order valence-corrected chi connectivity index (χ1v) is 7.70. The molecule has 4 heteroatoms. The quantitative estimate of drug-likeness (QED) is 0.863. The van der Waals surface area contributed by atoms with Gasteiger partial charge in [-0.2, -0.15) is 5.26 Å². The molecular formula is C16H19BrN2O. The molecule has 0 radical (unpaired) electrons. The monoisotopic (exact) mass is 334 g/mol. The van der Waals surface area contributed by atoms with Crippen LogP contribution in [0.1, 0.15) is 37.9 Å². The van der Waals surface area contributed by atoms with Crippen LogP contribution in [0.15, 0.2) is 22.7 Å². The van der Waals surface area contributed by atoms with E-state index < -0.39 is 0 Å². The number of hydrogen-bond donors (Lipinski definition) is 2. The summed E-state index contributed by atoms with van der Waals surface area (Å²) in [6.07, 6.45) is 2.40. The highest BCUT2D eigenvalue weighted by Gasteiger charge is 2.10. The van der Waals surface area contributed by atoms with Crippen LogP contribution in [0.5, 0.6) is 0 Å². The standard InChI is InChI=1S/C16H19BrN2O/c1-10(2)15(20)5-3-4-14-8-11-6-13(17)7-12(9-18)16(11)19-14/h6-8,10,15,19-20H,3-5H2,1-2H3. The summed E-state index contributed by atoms with van der Waals surface area (Å²) in [4.78, 5) is 3.32. The van der Waals surface area contributed by atoms with Crippen molar-refractivity contribution >= 4 is 26.8 Å². The van der Waals surface area contributed by atoms with Crippen molar-refractivity contribution in [3.8, 4) is 6.07 Å². The van der Waals surface area contributed by atoms with E-state index in [-0.39, 0.29) is 6.10 Å². The highest BCUT2D eigenvalue weighted by molar-refractivity contribution is 9.10. The van der Waals surface area contributed by atoms with E-state index in [1.807, 2.05) is 26.0 Å². The van der Waals surface area contributed by atoms with E-state index in [0.29, 0.717) is 11.5 Å². The topological polar surface area (TPSA) is 59.8 Å². The molecule has 2 aromatic rings. The molecule has 0 aliphatic heterocycles. The Morgan fingerprint density at radius 1 is 1.35 bits per heavy atom.